The van der Waals surface area contributed by atoms with Crippen LogP contribution in [0.15, 0.2) is 24.3 Å². The Morgan fingerprint density at radius 1 is 1.24 bits per heavy atom. The minimum atomic E-state index is -0.513. The highest BCUT2D eigenvalue weighted by Crippen LogP contribution is 2.24. The summed E-state index contributed by atoms with van der Waals surface area (Å²) >= 11 is 6.02. The molecule has 4 nitrogen and oxygen atoms in total. The first kappa shape index (κ1) is 20.0. The highest BCUT2D eigenvalue weighted by Gasteiger charge is 2.18. The van der Waals surface area contributed by atoms with E-state index in [9.17, 15) is 4.79 Å². The Kier molecular flexibility index (Phi) is 11.1. The molecule has 1 aromatic rings. The Hall–Kier alpha value is -0.970. The van der Waals surface area contributed by atoms with Crippen LogP contribution >= 0.6 is 24.0 Å². The van der Waals surface area contributed by atoms with Crippen molar-refractivity contribution in [2.45, 2.75) is 32.8 Å². The molecule has 1 rings (SSSR count). The van der Waals surface area contributed by atoms with Gasteiger partial charge in [-0.25, -0.2) is 0 Å². The van der Waals surface area contributed by atoms with E-state index in [-0.39, 0.29) is 18.3 Å². The maximum Gasteiger partial charge on any atom is 0.261 e. The number of carbonyl (C=O) groups is 1. The van der Waals surface area contributed by atoms with Gasteiger partial charge in [-0.3, -0.25) is 4.79 Å². The molecule has 0 saturated carbocycles. The predicted molar refractivity (Wildman–Crippen MR) is 89.6 cm³/mol. The first-order chi connectivity index (χ1) is 9.69. The smallest absolute Gasteiger partial charge is 0.261 e. The maximum atomic E-state index is 12.0. The zero-order valence-corrected chi connectivity index (χ0v) is 14.1. The van der Waals surface area contributed by atoms with E-state index >= 15 is 0 Å². The van der Waals surface area contributed by atoms with E-state index in [1.807, 2.05) is 19.1 Å². The van der Waals surface area contributed by atoms with Gasteiger partial charge in [-0.1, -0.05) is 37.6 Å². The number of halogens is 2. The normalized spacial score (nSPS) is 11.4. The average Bonchev–Trinajstić information content (AvgIpc) is 2.46. The van der Waals surface area contributed by atoms with Crippen LogP contribution in [-0.4, -0.2) is 31.6 Å². The molecule has 0 aliphatic carbocycles. The molecule has 0 bridgehead atoms. The number of ether oxygens (including phenoxy) is 1. The largest absolute Gasteiger partial charge is 0.479 e. The molecule has 120 valence electrons. The van der Waals surface area contributed by atoms with Crippen LogP contribution in [0.5, 0.6) is 5.75 Å². The lowest BCUT2D eigenvalue weighted by atomic mass is 10.2. The average molecular weight is 335 g/mol. The lowest BCUT2D eigenvalue weighted by Gasteiger charge is -2.18. The van der Waals surface area contributed by atoms with Gasteiger partial charge in [0.1, 0.15) is 5.75 Å². The van der Waals surface area contributed by atoms with Gasteiger partial charge in [-0.2, -0.15) is 0 Å². The third-order valence-electron chi connectivity index (χ3n) is 2.80. The molecule has 1 atom stereocenters. The molecule has 0 aliphatic heterocycles. The molecule has 2 N–H and O–H groups in total. The summed E-state index contributed by atoms with van der Waals surface area (Å²) in [6, 6.07) is 7.17. The van der Waals surface area contributed by atoms with Gasteiger partial charge < -0.3 is 15.4 Å². The topological polar surface area (TPSA) is 50.4 Å². The molecule has 6 heteroatoms. The van der Waals surface area contributed by atoms with Crippen molar-refractivity contribution in [3.05, 3.63) is 29.3 Å². The van der Waals surface area contributed by atoms with Crippen LogP contribution in [0.1, 0.15) is 26.7 Å². The predicted octanol–water partition coefficient (Wildman–Crippen LogP) is 3.04. The molecule has 1 unspecified atom stereocenters. The summed E-state index contributed by atoms with van der Waals surface area (Å²) in [5.41, 5.74) is 0. The van der Waals surface area contributed by atoms with Gasteiger partial charge >= 0.3 is 0 Å². The summed E-state index contributed by atoms with van der Waals surface area (Å²) < 4.78 is 5.67. The quantitative estimate of drug-likeness (QED) is 0.682. The molecule has 0 radical (unpaired) electrons. The minimum absolute atomic E-state index is 0. The van der Waals surface area contributed by atoms with E-state index in [4.69, 9.17) is 16.3 Å². The number of rotatable bonds is 9. The Labute approximate surface area is 138 Å². The van der Waals surface area contributed by atoms with E-state index in [1.165, 1.54) is 0 Å². The zero-order chi connectivity index (χ0) is 14.8. The highest BCUT2D eigenvalue weighted by molar-refractivity contribution is 6.32. The summed E-state index contributed by atoms with van der Waals surface area (Å²) in [5.74, 6) is 0.436. The van der Waals surface area contributed by atoms with Crippen LogP contribution in [0.2, 0.25) is 5.02 Å². The van der Waals surface area contributed by atoms with Gasteiger partial charge in [0, 0.05) is 13.1 Å². The van der Waals surface area contributed by atoms with Crippen LogP contribution in [-0.2, 0) is 4.79 Å². The fourth-order valence-electron chi connectivity index (χ4n) is 1.71. The summed E-state index contributed by atoms with van der Waals surface area (Å²) in [6.45, 7) is 6.35. The second-order valence-corrected chi connectivity index (χ2v) is 4.89. The molecular formula is C15H24Cl2N2O2. The molecule has 1 amide bonds. The van der Waals surface area contributed by atoms with Gasteiger partial charge in [0.05, 0.1) is 5.02 Å². The molecule has 0 aromatic heterocycles. The third-order valence-corrected chi connectivity index (χ3v) is 3.11. The maximum absolute atomic E-state index is 12.0. The summed E-state index contributed by atoms with van der Waals surface area (Å²) in [5, 5.41) is 6.61. The van der Waals surface area contributed by atoms with E-state index in [0.717, 1.165) is 19.5 Å². The number of carbonyl (C=O) groups excluding carboxylic acids is 1. The second kappa shape index (κ2) is 11.7. The van der Waals surface area contributed by atoms with Crippen molar-refractivity contribution in [2.75, 3.05) is 19.6 Å². The summed E-state index contributed by atoms with van der Waals surface area (Å²) in [7, 11) is 0. The van der Waals surface area contributed by atoms with Crippen molar-refractivity contribution in [1.29, 1.82) is 0 Å². The highest BCUT2D eigenvalue weighted by atomic mass is 35.5. The van der Waals surface area contributed by atoms with Crippen LogP contribution in [0.3, 0.4) is 0 Å². The summed E-state index contributed by atoms with van der Waals surface area (Å²) in [4.78, 5) is 12.0. The fourth-order valence-corrected chi connectivity index (χ4v) is 1.89. The SMILES string of the molecule is CCCNCCNC(=O)C(CC)Oc1ccccc1Cl.Cl. The van der Waals surface area contributed by atoms with E-state index in [0.29, 0.717) is 23.7 Å². The number of hydrogen-bond donors (Lipinski definition) is 2. The minimum Gasteiger partial charge on any atom is -0.479 e. The molecule has 0 saturated heterocycles. The van der Waals surface area contributed by atoms with Crippen LogP contribution in [0.25, 0.3) is 0 Å². The molecule has 0 spiro atoms. The third kappa shape index (κ3) is 7.55. The first-order valence-electron chi connectivity index (χ1n) is 7.08. The lowest BCUT2D eigenvalue weighted by molar-refractivity contribution is -0.128. The van der Waals surface area contributed by atoms with Crippen molar-refractivity contribution < 1.29 is 9.53 Å². The van der Waals surface area contributed by atoms with Gasteiger partial charge in [-0.05, 0) is 31.5 Å². The van der Waals surface area contributed by atoms with E-state index in [1.54, 1.807) is 12.1 Å². The molecule has 1 aromatic carbocycles. The van der Waals surface area contributed by atoms with Crippen molar-refractivity contribution in [3.8, 4) is 5.75 Å². The standard InChI is InChI=1S/C15H23ClN2O2.ClH/c1-3-9-17-10-11-18-15(19)13(4-2)20-14-8-6-5-7-12(14)16;/h5-8,13,17H,3-4,9-11H2,1-2H3,(H,18,19);1H. The zero-order valence-electron chi connectivity index (χ0n) is 12.5. The Balaban J connectivity index is 0.00000400. The van der Waals surface area contributed by atoms with Crippen molar-refractivity contribution in [2.24, 2.45) is 0 Å². The number of para-hydroxylation sites is 1. The van der Waals surface area contributed by atoms with E-state index in [2.05, 4.69) is 17.6 Å². The number of nitrogens with one attached hydrogen (secondary N) is 2. The van der Waals surface area contributed by atoms with Gasteiger partial charge in [0.25, 0.3) is 5.91 Å². The number of benzene rings is 1. The first-order valence-corrected chi connectivity index (χ1v) is 7.46. The fraction of sp³-hybridized carbons (Fsp3) is 0.533. The van der Waals surface area contributed by atoms with Crippen molar-refractivity contribution >= 4 is 29.9 Å². The Bertz CT molecular complexity index is 416. The van der Waals surface area contributed by atoms with Gasteiger partial charge in [-0.15, -0.1) is 12.4 Å². The molecule has 21 heavy (non-hydrogen) atoms. The van der Waals surface area contributed by atoms with Crippen molar-refractivity contribution in [1.82, 2.24) is 10.6 Å². The Morgan fingerprint density at radius 3 is 2.57 bits per heavy atom. The van der Waals surface area contributed by atoms with Gasteiger partial charge in [0.2, 0.25) is 0 Å². The second-order valence-electron chi connectivity index (χ2n) is 4.49. The van der Waals surface area contributed by atoms with Gasteiger partial charge in [0.15, 0.2) is 6.10 Å². The Morgan fingerprint density at radius 2 is 1.95 bits per heavy atom. The lowest BCUT2D eigenvalue weighted by Crippen LogP contribution is -2.41. The number of hydrogen-bond acceptors (Lipinski definition) is 3. The monoisotopic (exact) mass is 334 g/mol. The molecule has 0 fully saturated rings. The van der Waals surface area contributed by atoms with Crippen LogP contribution < -0.4 is 15.4 Å². The van der Waals surface area contributed by atoms with E-state index < -0.39 is 6.10 Å². The molecule has 0 aliphatic rings. The summed E-state index contributed by atoms with van der Waals surface area (Å²) in [6.07, 6.45) is 1.17. The molecular weight excluding hydrogens is 311 g/mol. The van der Waals surface area contributed by atoms with Crippen molar-refractivity contribution in [3.63, 3.8) is 0 Å². The van der Waals surface area contributed by atoms with Crippen LogP contribution in [0.4, 0.5) is 0 Å². The number of amides is 1. The van der Waals surface area contributed by atoms with Crippen LogP contribution in [0, 0.1) is 0 Å². The molecule has 0 heterocycles.